The molecular weight excluding hydrogens is 322 g/mol. The van der Waals surface area contributed by atoms with Gasteiger partial charge in [0.15, 0.2) is 0 Å². The van der Waals surface area contributed by atoms with E-state index < -0.39 is 32.1 Å². The fourth-order valence-electron chi connectivity index (χ4n) is 2.44. The van der Waals surface area contributed by atoms with Gasteiger partial charge in [0, 0.05) is 18.2 Å². The highest BCUT2D eigenvalue weighted by atomic mass is 35.5. The monoisotopic (exact) mass is 340 g/mol. The summed E-state index contributed by atoms with van der Waals surface area (Å²) in [5.41, 5.74) is 5.54. The van der Waals surface area contributed by atoms with E-state index in [4.69, 9.17) is 5.73 Å². The molecule has 8 heteroatoms. The fourth-order valence-corrected chi connectivity index (χ4v) is 3.64. The molecule has 1 aliphatic carbocycles. The van der Waals surface area contributed by atoms with Crippen molar-refractivity contribution in [2.45, 2.75) is 42.5 Å². The van der Waals surface area contributed by atoms with Gasteiger partial charge in [-0.05, 0) is 25.0 Å². The van der Waals surface area contributed by atoms with Crippen LogP contribution in [-0.4, -0.2) is 20.5 Å². The number of benzene rings is 1. The van der Waals surface area contributed by atoms with Gasteiger partial charge in [-0.3, -0.25) is 0 Å². The summed E-state index contributed by atoms with van der Waals surface area (Å²) in [5.74, 6) is -1.92. The molecule has 120 valence electrons. The Kier molecular flexibility index (Phi) is 6.10. The molecule has 1 fully saturated rings. The molecule has 1 saturated carbocycles. The third-order valence-electron chi connectivity index (χ3n) is 3.65. The summed E-state index contributed by atoms with van der Waals surface area (Å²) in [6.07, 6.45) is 4.49. The molecule has 0 aliphatic heterocycles. The van der Waals surface area contributed by atoms with Crippen molar-refractivity contribution in [3.05, 3.63) is 29.8 Å². The van der Waals surface area contributed by atoms with Gasteiger partial charge in [0.05, 0.1) is 0 Å². The van der Waals surface area contributed by atoms with Crippen LogP contribution in [0.15, 0.2) is 23.1 Å². The minimum atomic E-state index is -4.02. The average Bonchev–Trinajstić information content (AvgIpc) is 2.37. The van der Waals surface area contributed by atoms with Gasteiger partial charge in [0.2, 0.25) is 10.0 Å². The fraction of sp³-hybridized carbons (Fsp3) is 0.538. The second-order valence-corrected chi connectivity index (χ2v) is 7.06. The Bertz CT molecular complexity index is 590. The summed E-state index contributed by atoms with van der Waals surface area (Å²) >= 11 is 0. The first-order chi connectivity index (χ1) is 9.32. The molecule has 1 aliphatic rings. The Labute approximate surface area is 129 Å². The SMILES string of the molecule is Cl.NC1(CNS(=O)(=O)c2ccc(F)cc2F)CCCCC1. The number of halogens is 3. The van der Waals surface area contributed by atoms with Crippen molar-refractivity contribution in [1.29, 1.82) is 0 Å². The molecule has 0 atom stereocenters. The van der Waals surface area contributed by atoms with E-state index in [9.17, 15) is 17.2 Å². The summed E-state index contributed by atoms with van der Waals surface area (Å²) in [6.45, 7) is 0.0617. The van der Waals surface area contributed by atoms with Crippen LogP contribution >= 0.6 is 12.4 Å². The van der Waals surface area contributed by atoms with Crippen molar-refractivity contribution >= 4 is 22.4 Å². The second-order valence-electron chi connectivity index (χ2n) is 5.32. The summed E-state index contributed by atoms with van der Waals surface area (Å²) in [6, 6.07) is 2.38. The van der Waals surface area contributed by atoms with Crippen LogP contribution in [0.25, 0.3) is 0 Å². The van der Waals surface area contributed by atoms with E-state index in [1.165, 1.54) is 0 Å². The Morgan fingerprint density at radius 3 is 2.38 bits per heavy atom. The molecular formula is C13H19ClF2N2O2S. The molecule has 3 N–H and O–H groups in total. The maximum atomic E-state index is 13.5. The zero-order valence-electron chi connectivity index (χ0n) is 11.4. The Hall–Kier alpha value is -0.760. The van der Waals surface area contributed by atoms with E-state index in [-0.39, 0.29) is 19.0 Å². The quantitative estimate of drug-likeness (QED) is 0.883. The van der Waals surface area contributed by atoms with Gasteiger partial charge >= 0.3 is 0 Å². The Balaban J connectivity index is 0.00000220. The smallest absolute Gasteiger partial charge is 0.243 e. The summed E-state index contributed by atoms with van der Waals surface area (Å²) in [7, 11) is -4.02. The topological polar surface area (TPSA) is 72.2 Å². The number of nitrogens with one attached hydrogen (secondary N) is 1. The highest BCUT2D eigenvalue weighted by Crippen LogP contribution is 2.26. The van der Waals surface area contributed by atoms with Gasteiger partial charge in [-0.15, -0.1) is 12.4 Å². The van der Waals surface area contributed by atoms with Crippen molar-refractivity contribution in [2.75, 3.05) is 6.54 Å². The third-order valence-corrected chi connectivity index (χ3v) is 5.08. The minimum absolute atomic E-state index is 0. The van der Waals surface area contributed by atoms with Crippen LogP contribution in [0.4, 0.5) is 8.78 Å². The van der Waals surface area contributed by atoms with E-state index >= 15 is 0 Å². The summed E-state index contributed by atoms with van der Waals surface area (Å²) < 4.78 is 52.7. The maximum Gasteiger partial charge on any atom is 0.243 e. The number of rotatable bonds is 4. The molecule has 0 spiro atoms. The number of sulfonamides is 1. The molecule has 0 unspecified atom stereocenters. The zero-order chi connectivity index (χ0) is 14.8. The lowest BCUT2D eigenvalue weighted by Gasteiger charge is -2.33. The molecule has 2 rings (SSSR count). The largest absolute Gasteiger partial charge is 0.324 e. The van der Waals surface area contributed by atoms with Crippen molar-refractivity contribution < 1.29 is 17.2 Å². The number of hydrogen-bond acceptors (Lipinski definition) is 3. The highest BCUT2D eigenvalue weighted by Gasteiger charge is 2.30. The minimum Gasteiger partial charge on any atom is -0.324 e. The van der Waals surface area contributed by atoms with Crippen LogP contribution < -0.4 is 10.5 Å². The van der Waals surface area contributed by atoms with Gasteiger partial charge in [-0.1, -0.05) is 19.3 Å². The second kappa shape index (κ2) is 7.00. The number of nitrogens with two attached hydrogens (primary N) is 1. The van der Waals surface area contributed by atoms with Gasteiger partial charge < -0.3 is 5.73 Å². The average molecular weight is 341 g/mol. The van der Waals surface area contributed by atoms with Crippen molar-refractivity contribution in [3.63, 3.8) is 0 Å². The molecule has 0 saturated heterocycles. The van der Waals surface area contributed by atoms with Crippen LogP contribution in [0.2, 0.25) is 0 Å². The van der Waals surface area contributed by atoms with E-state index in [2.05, 4.69) is 4.72 Å². The Morgan fingerprint density at radius 2 is 1.81 bits per heavy atom. The van der Waals surface area contributed by atoms with Crippen molar-refractivity contribution in [1.82, 2.24) is 4.72 Å². The molecule has 1 aromatic carbocycles. The standard InChI is InChI=1S/C13H18F2N2O2S.ClH/c14-10-4-5-12(11(15)8-10)20(18,19)17-9-13(16)6-2-1-3-7-13;/h4-5,8,17H,1-3,6-7,9,16H2;1H. The van der Waals surface area contributed by atoms with E-state index in [1.54, 1.807) is 0 Å². The highest BCUT2D eigenvalue weighted by molar-refractivity contribution is 7.89. The van der Waals surface area contributed by atoms with Gasteiger partial charge in [-0.2, -0.15) is 0 Å². The molecule has 1 aromatic rings. The predicted octanol–water partition coefficient (Wildman–Crippen LogP) is 2.33. The van der Waals surface area contributed by atoms with Gasteiger partial charge in [0.1, 0.15) is 16.5 Å². The van der Waals surface area contributed by atoms with Gasteiger partial charge in [0.25, 0.3) is 0 Å². The zero-order valence-corrected chi connectivity index (χ0v) is 13.1. The lowest BCUT2D eigenvalue weighted by Crippen LogP contribution is -2.51. The van der Waals surface area contributed by atoms with E-state index in [0.29, 0.717) is 6.07 Å². The van der Waals surface area contributed by atoms with Gasteiger partial charge in [-0.25, -0.2) is 21.9 Å². The summed E-state index contributed by atoms with van der Waals surface area (Å²) in [4.78, 5) is -0.557. The van der Waals surface area contributed by atoms with Crippen LogP contribution in [-0.2, 0) is 10.0 Å². The first kappa shape index (κ1) is 18.3. The van der Waals surface area contributed by atoms with Crippen LogP contribution in [0.5, 0.6) is 0 Å². The normalized spacial score (nSPS) is 18.0. The first-order valence-electron chi connectivity index (χ1n) is 6.56. The molecule has 4 nitrogen and oxygen atoms in total. The maximum absolute atomic E-state index is 13.5. The van der Waals surface area contributed by atoms with Crippen molar-refractivity contribution in [2.24, 2.45) is 5.73 Å². The molecule has 0 radical (unpaired) electrons. The molecule has 0 bridgehead atoms. The van der Waals surface area contributed by atoms with Crippen LogP contribution in [0.1, 0.15) is 32.1 Å². The number of hydrogen-bond donors (Lipinski definition) is 2. The van der Waals surface area contributed by atoms with E-state index in [0.717, 1.165) is 44.2 Å². The third kappa shape index (κ3) is 4.60. The van der Waals surface area contributed by atoms with Crippen LogP contribution in [0.3, 0.4) is 0 Å². The lowest BCUT2D eigenvalue weighted by molar-refractivity contribution is 0.296. The summed E-state index contributed by atoms with van der Waals surface area (Å²) in [5, 5.41) is 0. The Morgan fingerprint density at radius 1 is 1.19 bits per heavy atom. The van der Waals surface area contributed by atoms with Crippen LogP contribution in [0, 0.1) is 11.6 Å². The van der Waals surface area contributed by atoms with Crippen molar-refractivity contribution in [3.8, 4) is 0 Å². The molecule has 0 aromatic heterocycles. The molecule has 0 amide bonds. The lowest BCUT2D eigenvalue weighted by atomic mass is 9.83. The molecule has 21 heavy (non-hydrogen) atoms. The van der Waals surface area contributed by atoms with E-state index in [1.807, 2.05) is 0 Å². The predicted molar refractivity (Wildman–Crippen MR) is 78.8 cm³/mol. The first-order valence-corrected chi connectivity index (χ1v) is 8.04. The molecule has 0 heterocycles.